The molecular formula is C18H20FN9O9P2S. The summed E-state index contributed by atoms with van der Waals surface area (Å²) < 4.78 is 57.8. The molecule has 2 bridgehead atoms. The summed E-state index contributed by atoms with van der Waals surface area (Å²) >= 11 is 5.17. The lowest BCUT2D eigenvalue weighted by Crippen LogP contribution is -2.32. The number of hydrogen-bond acceptors (Lipinski definition) is 14. The quantitative estimate of drug-likeness (QED) is 0.206. The summed E-state index contributed by atoms with van der Waals surface area (Å²) in [7, 11) is -4.69. The van der Waals surface area contributed by atoms with Gasteiger partial charge in [-0.2, -0.15) is 4.98 Å². The summed E-state index contributed by atoms with van der Waals surface area (Å²) in [6, 6.07) is 0. The second-order valence-corrected chi connectivity index (χ2v) is 12.8. The van der Waals surface area contributed by atoms with E-state index >= 15 is 4.39 Å². The van der Waals surface area contributed by atoms with Gasteiger partial charge in [0, 0.05) is 6.54 Å². The number of fused-ring (bicyclic) bond motifs is 6. The third-order valence-corrected chi connectivity index (χ3v) is 8.59. The van der Waals surface area contributed by atoms with Crippen LogP contribution in [-0.4, -0.2) is 80.4 Å². The number of aromatic amines is 1. The monoisotopic (exact) mass is 619 g/mol. The third-order valence-electron chi connectivity index (χ3n) is 6.06. The van der Waals surface area contributed by atoms with E-state index in [0.29, 0.717) is 11.2 Å². The van der Waals surface area contributed by atoms with Crippen LogP contribution in [0, 0.1) is 0 Å². The van der Waals surface area contributed by atoms with Crippen LogP contribution in [0.3, 0.4) is 0 Å². The maximum absolute atomic E-state index is 15.7. The SMILES string of the molecule is Nc1nc2c(ncn2[C@@H]2O[C@@H]3COP(=O)(O)OCCn4c(nc5cncnc54)COP(O)(=S)O[C@@H]2[C@@H]3F)c(=O)[nH]1. The first-order valence-corrected chi connectivity index (χ1v) is 15.5. The standard InChI is InChI=1S/C18H20FN9O9P2S/c19-11-9-4-34-38(30,31)33-2-1-27-10(24-8-3-21-6-22-14(8)27)5-35-39(32,40)37-13(11)17(36-9)28-7-23-12-15(28)25-18(20)26-16(12)29/h3,6-7,9,11,13,17H,1-2,4-5H2,(H,30,31)(H,32,40)(H3,20,25,26,29)/t9-,11-,13-,17-,39?/m1/s1. The Morgan fingerprint density at radius 3 is 2.85 bits per heavy atom. The molecule has 4 aromatic heterocycles. The van der Waals surface area contributed by atoms with Crippen molar-refractivity contribution in [2.24, 2.45) is 0 Å². The van der Waals surface area contributed by atoms with Crippen LogP contribution in [0.15, 0.2) is 23.6 Å². The van der Waals surface area contributed by atoms with Gasteiger partial charge in [-0.05, 0) is 11.8 Å². The van der Waals surface area contributed by atoms with Crippen molar-refractivity contribution in [3.05, 3.63) is 35.0 Å². The minimum absolute atomic E-state index is 0.0192. The van der Waals surface area contributed by atoms with Gasteiger partial charge in [0.1, 0.15) is 36.5 Å². The molecule has 0 radical (unpaired) electrons. The zero-order valence-electron chi connectivity index (χ0n) is 20.0. The van der Waals surface area contributed by atoms with Crippen molar-refractivity contribution in [2.75, 3.05) is 18.9 Å². The fourth-order valence-electron chi connectivity index (χ4n) is 4.34. The van der Waals surface area contributed by atoms with Gasteiger partial charge in [0.05, 0.1) is 25.7 Å². The van der Waals surface area contributed by atoms with Gasteiger partial charge in [0.25, 0.3) is 5.56 Å². The van der Waals surface area contributed by atoms with Crippen LogP contribution >= 0.6 is 14.5 Å². The van der Waals surface area contributed by atoms with Gasteiger partial charge in [0.2, 0.25) is 5.95 Å². The highest BCUT2D eigenvalue weighted by Crippen LogP contribution is 2.52. The summed E-state index contributed by atoms with van der Waals surface area (Å²) in [4.78, 5) is 56.1. The van der Waals surface area contributed by atoms with Crippen molar-refractivity contribution in [2.45, 2.75) is 37.8 Å². The highest BCUT2D eigenvalue weighted by Gasteiger charge is 2.50. The average Bonchev–Trinajstić information content (AvgIpc) is 3.55. The van der Waals surface area contributed by atoms with Crippen LogP contribution in [0.5, 0.6) is 0 Å². The number of aromatic nitrogens is 8. The zero-order valence-corrected chi connectivity index (χ0v) is 22.6. The average molecular weight is 619 g/mol. The molecular weight excluding hydrogens is 599 g/mol. The van der Waals surface area contributed by atoms with Crippen LogP contribution in [0.2, 0.25) is 0 Å². The number of halogens is 1. The number of imidazole rings is 2. The van der Waals surface area contributed by atoms with Crippen LogP contribution < -0.4 is 11.3 Å². The molecule has 1 saturated heterocycles. The number of nitrogens with one attached hydrogen (secondary N) is 1. The molecule has 2 aliphatic rings. The maximum Gasteiger partial charge on any atom is 0.472 e. The highest BCUT2D eigenvalue weighted by atomic mass is 32.5. The molecule has 6 atom stereocenters. The number of H-pyrrole nitrogens is 1. The second-order valence-electron chi connectivity index (χ2n) is 8.61. The second kappa shape index (κ2) is 10.3. The molecule has 0 aromatic carbocycles. The fourth-order valence-corrected chi connectivity index (χ4v) is 6.39. The summed E-state index contributed by atoms with van der Waals surface area (Å²) in [5, 5.41) is 0. The molecule has 0 spiro atoms. The van der Waals surface area contributed by atoms with Crippen LogP contribution in [0.25, 0.3) is 22.3 Å². The Bertz CT molecular complexity index is 1750. The molecule has 4 aromatic rings. The van der Waals surface area contributed by atoms with Crippen molar-refractivity contribution in [3.63, 3.8) is 0 Å². The Labute approximate surface area is 227 Å². The lowest BCUT2D eigenvalue weighted by atomic mass is 10.1. The molecule has 1 fully saturated rings. The first-order valence-electron chi connectivity index (χ1n) is 11.5. The predicted molar refractivity (Wildman–Crippen MR) is 135 cm³/mol. The van der Waals surface area contributed by atoms with Crippen LogP contribution in [-0.2, 0) is 52.4 Å². The van der Waals surface area contributed by atoms with E-state index in [4.69, 9.17) is 40.4 Å². The van der Waals surface area contributed by atoms with Crippen molar-refractivity contribution >= 4 is 54.6 Å². The Balaban J connectivity index is 1.38. The van der Waals surface area contributed by atoms with Gasteiger partial charge in [-0.1, -0.05) is 0 Å². The molecule has 2 aliphatic heterocycles. The first-order chi connectivity index (χ1) is 19.0. The maximum atomic E-state index is 15.7. The molecule has 22 heteroatoms. The van der Waals surface area contributed by atoms with Crippen molar-refractivity contribution in [1.82, 2.24) is 39.0 Å². The highest BCUT2D eigenvalue weighted by molar-refractivity contribution is 8.07. The Morgan fingerprint density at radius 1 is 1.20 bits per heavy atom. The Hall–Kier alpha value is -2.77. The van der Waals surface area contributed by atoms with Gasteiger partial charge in [0.15, 0.2) is 29.2 Å². The van der Waals surface area contributed by atoms with Gasteiger partial charge < -0.3 is 29.3 Å². The lowest BCUT2D eigenvalue weighted by Gasteiger charge is -2.25. The minimum atomic E-state index is -4.69. The summed E-state index contributed by atoms with van der Waals surface area (Å²) in [5.41, 5.74) is 5.50. The van der Waals surface area contributed by atoms with E-state index in [-0.39, 0.29) is 36.1 Å². The number of rotatable bonds is 1. The van der Waals surface area contributed by atoms with Gasteiger partial charge in [-0.25, -0.2) is 28.9 Å². The molecule has 6 rings (SSSR count). The fraction of sp³-hybridized carbons (Fsp3) is 0.444. The summed E-state index contributed by atoms with van der Waals surface area (Å²) in [5.74, 6) is -0.0506. The number of alkyl halides is 1. The number of ether oxygens (including phenoxy) is 1. The summed E-state index contributed by atoms with van der Waals surface area (Å²) in [6.45, 7) is -5.71. The number of nitrogens with two attached hydrogens (primary N) is 1. The Morgan fingerprint density at radius 2 is 2.02 bits per heavy atom. The number of phosphoric ester groups is 1. The molecule has 2 unspecified atom stereocenters. The number of nitrogens with zero attached hydrogens (tertiary/aromatic N) is 7. The van der Waals surface area contributed by atoms with Crippen molar-refractivity contribution < 1.29 is 41.6 Å². The normalized spacial score (nSPS) is 32.1. The van der Waals surface area contributed by atoms with Gasteiger partial charge in [-0.3, -0.25) is 27.9 Å². The number of phosphoric acid groups is 1. The van der Waals surface area contributed by atoms with E-state index in [9.17, 15) is 19.1 Å². The minimum Gasteiger partial charge on any atom is -0.369 e. The number of anilines is 1. The predicted octanol–water partition coefficient (Wildman–Crippen LogP) is 0.0430. The first kappa shape index (κ1) is 27.4. The van der Waals surface area contributed by atoms with Crippen molar-refractivity contribution in [3.8, 4) is 0 Å². The van der Waals surface area contributed by atoms with E-state index in [1.54, 1.807) is 0 Å². The van der Waals surface area contributed by atoms with Gasteiger partial charge in [-0.15, -0.1) is 0 Å². The topological polar surface area (TPSA) is 237 Å². The van der Waals surface area contributed by atoms with E-state index in [0.717, 1.165) is 10.9 Å². The van der Waals surface area contributed by atoms with E-state index in [1.807, 2.05) is 0 Å². The molecule has 18 nitrogen and oxygen atoms in total. The molecule has 0 aliphatic carbocycles. The molecule has 0 saturated carbocycles. The number of nitrogen functional groups attached to an aromatic ring is 1. The molecule has 5 N–H and O–H groups in total. The molecule has 40 heavy (non-hydrogen) atoms. The molecule has 0 amide bonds. The van der Waals surface area contributed by atoms with E-state index in [1.165, 1.54) is 17.1 Å². The third kappa shape index (κ3) is 5.18. The smallest absolute Gasteiger partial charge is 0.369 e. The van der Waals surface area contributed by atoms with E-state index < -0.39 is 57.9 Å². The van der Waals surface area contributed by atoms with Crippen molar-refractivity contribution in [1.29, 1.82) is 0 Å². The molecule has 6 heterocycles. The lowest BCUT2D eigenvalue weighted by molar-refractivity contribution is -0.0484. The summed E-state index contributed by atoms with van der Waals surface area (Å²) in [6.07, 6.45) is -2.85. The van der Waals surface area contributed by atoms with E-state index in [2.05, 4.69) is 29.9 Å². The number of hydrogen-bond donors (Lipinski definition) is 4. The van der Waals surface area contributed by atoms with Crippen LogP contribution in [0.1, 0.15) is 12.1 Å². The molecule has 214 valence electrons. The van der Waals surface area contributed by atoms with Gasteiger partial charge >= 0.3 is 14.5 Å². The Kier molecular flexibility index (Phi) is 7.02. The zero-order chi connectivity index (χ0) is 28.2. The van der Waals surface area contributed by atoms with Crippen LogP contribution in [0.4, 0.5) is 10.3 Å². The largest absolute Gasteiger partial charge is 0.472 e.